The predicted molar refractivity (Wildman–Crippen MR) is 61.6 cm³/mol. The molecular formula is C12H15FOS. The fourth-order valence-corrected chi connectivity index (χ4v) is 3.30. The standard InChI is InChI=1S/C12H15FOS/c1-9-6-12(14,8-15-9)7-10-2-4-11(13)5-3-10/h2-5,9,14H,6-8H2,1H3. The Morgan fingerprint density at radius 2 is 2.13 bits per heavy atom. The van der Waals surface area contributed by atoms with Gasteiger partial charge in [-0.3, -0.25) is 0 Å². The van der Waals surface area contributed by atoms with Gasteiger partial charge in [-0.1, -0.05) is 19.1 Å². The van der Waals surface area contributed by atoms with Gasteiger partial charge in [-0.25, -0.2) is 4.39 Å². The molecule has 1 fully saturated rings. The largest absolute Gasteiger partial charge is 0.389 e. The molecule has 2 rings (SSSR count). The van der Waals surface area contributed by atoms with Gasteiger partial charge in [0.2, 0.25) is 0 Å². The van der Waals surface area contributed by atoms with Crippen molar-refractivity contribution in [1.82, 2.24) is 0 Å². The van der Waals surface area contributed by atoms with Crippen molar-refractivity contribution in [3.63, 3.8) is 0 Å². The summed E-state index contributed by atoms with van der Waals surface area (Å²) in [6, 6.07) is 6.40. The maximum atomic E-state index is 12.7. The van der Waals surface area contributed by atoms with Crippen LogP contribution in [-0.4, -0.2) is 21.7 Å². The molecule has 1 N–H and O–H groups in total. The summed E-state index contributed by atoms with van der Waals surface area (Å²) in [5.74, 6) is 0.561. The first-order valence-corrected chi connectivity index (χ1v) is 6.21. The summed E-state index contributed by atoms with van der Waals surface area (Å²) in [7, 11) is 0. The second kappa shape index (κ2) is 4.14. The minimum Gasteiger partial charge on any atom is -0.389 e. The van der Waals surface area contributed by atoms with E-state index in [1.807, 2.05) is 0 Å². The Balaban J connectivity index is 2.05. The van der Waals surface area contributed by atoms with Gasteiger partial charge in [0.25, 0.3) is 0 Å². The molecule has 2 atom stereocenters. The Bertz CT molecular complexity index is 338. The third-order valence-corrected chi connectivity index (χ3v) is 4.19. The van der Waals surface area contributed by atoms with Gasteiger partial charge in [0.1, 0.15) is 5.82 Å². The average molecular weight is 226 g/mol. The van der Waals surface area contributed by atoms with E-state index in [1.165, 1.54) is 12.1 Å². The van der Waals surface area contributed by atoms with E-state index in [0.29, 0.717) is 11.7 Å². The lowest BCUT2D eigenvalue weighted by molar-refractivity contribution is 0.0642. The van der Waals surface area contributed by atoms with Crippen LogP contribution >= 0.6 is 11.8 Å². The van der Waals surface area contributed by atoms with Gasteiger partial charge in [0, 0.05) is 17.4 Å². The highest BCUT2D eigenvalue weighted by Gasteiger charge is 2.35. The molecule has 0 saturated carbocycles. The molecule has 82 valence electrons. The number of rotatable bonds is 2. The highest BCUT2D eigenvalue weighted by Crippen LogP contribution is 2.36. The molecular weight excluding hydrogens is 211 g/mol. The van der Waals surface area contributed by atoms with Gasteiger partial charge in [0.15, 0.2) is 0 Å². The van der Waals surface area contributed by atoms with Crippen LogP contribution in [0.5, 0.6) is 0 Å². The zero-order valence-corrected chi connectivity index (χ0v) is 9.56. The molecule has 0 aliphatic carbocycles. The zero-order chi connectivity index (χ0) is 10.9. The normalized spacial score (nSPS) is 30.7. The smallest absolute Gasteiger partial charge is 0.123 e. The summed E-state index contributed by atoms with van der Waals surface area (Å²) >= 11 is 1.80. The number of halogens is 1. The van der Waals surface area contributed by atoms with E-state index in [-0.39, 0.29) is 5.82 Å². The van der Waals surface area contributed by atoms with Crippen molar-refractivity contribution in [2.75, 3.05) is 5.75 Å². The zero-order valence-electron chi connectivity index (χ0n) is 8.74. The Hall–Kier alpha value is -0.540. The molecule has 1 aromatic carbocycles. The molecule has 1 aliphatic rings. The highest BCUT2D eigenvalue weighted by atomic mass is 32.2. The molecule has 0 amide bonds. The van der Waals surface area contributed by atoms with Crippen molar-refractivity contribution < 1.29 is 9.50 Å². The lowest BCUT2D eigenvalue weighted by Crippen LogP contribution is -2.31. The maximum absolute atomic E-state index is 12.7. The van der Waals surface area contributed by atoms with Crippen LogP contribution in [0.15, 0.2) is 24.3 Å². The van der Waals surface area contributed by atoms with Crippen LogP contribution in [0.3, 0.4) is 0 Å². The topological polar surface area (TPSA) is 20.2 Å². The van der Waals surface area contributed by atoms with Crippen LogP contribution in [0, 0.1) is 5.82 Å². The molecule has 1 heterocycles. The van der Waals surface area contributed by atoms with Crippen molar-refractivity contribution in [3.8, 4) is 0 Å². The van der Waals surface area contributed by atoms with Gasteiger partial charge >= 0.3 is 0 Å². The Labute approximate surface area is 93.7 Å². The van der Waals surface area contributed by atoms with Crippen molar-refractivity contribution in [2.24, 2.45) is 0 Å². The molecule has 15 heavy (non-hydrogen) atoms. The number of benzene rings is 1. The molecule has 1 aliphatic heterocycles. The van der Waals surface area contributed by atoms with Gasteiger partial charge in [0.05, 0.1) is 5.60 Å². The quantitative estimate of drug-likeness (QED) is 0.836. The lowest BCUT2D eigenvalue weighted by Gasteiger charge is -2.21. The van der Waals surface area contributed by atoms with Crippen LogP contribution < -0.4 is 0 Å². The molecule has 0 aromatic heterocycles. The van der Waals surface area contributed by atoms with Crippen LogP contribution in [0.1, 0.15) is 18.9 Å². The van der Waals surface area contributed by atoms with E-state index in [9.17, 15) is 9.50 Å². The molecule has 2 unspecified atom stereocenters. The van der Waals surface area contributed by atoms with E-state index in [4.69, 9.17) is 0 Å². The minimum atomic E-state index is -0.595. The molecule has 0 bridgehead atoms. The summed E-state index contributed by atoms with van der Waals surface area (Å²) in [4.78, 5) is 0. The summed E-state index contributed by atoms with van der Waals surface area (Å²) < 4.78 is 12.7. The van der Waals surface area contributed by atoms with Crippen molar-refractivity contribution >= 4 is 11.8 Å². The van der Waals surface area contributed by atoms with Crippen molar-refractivity contribution in [1.29, 1.82) is 0 Å². The molecule has 1 nitrogen and oxygen atoms in total. The highest BCUT2D eigenvalue weighted by molar-refractivity contribution is 8.00. The first-order chi connectivity index (χ1) is 7.07. The van der Waals surface area contributed by atoms with Gasteiger partial charge in [-0.15, -0.1) is 0 Å². The second-order valence-corrected chi connectivity index (χ2v) is 5.78. The third-order valence-electron chi connectivity index (χ3n) is 2.75. The third kappa shape index (κ3) is 2.73. The fraction of sp³-hybridized carbons (Fsp3) is 0.500. The predicted octanol–water partition coefficient (Wildman–Crippen LogP) is 2.62. The van der Waals surface area contributed by atoms with Crippen molar-refractivity contribution in [3.05, 3.63) is 35.6 Å². The second-order valence-electron chi connectivity index (χ2n) is 4.35. The summed E-state index contributed by atoms with van der Waals surface area (Å²) in [6.45, 7) is 2.13. The molecule has 0 spiro atoms. The molecule has 0 radical (unpaired) electrons. The molecule has 3 heteroatoms. The summed E-state index contributed by atoms with van der Waals surface area (Å²) in [5.41, 5.74) is 0.413. The number of aliphatic hydroxyl groups is 1. The monoisotopic (exact) mass is 226 g/mol. The van der Waals surface area contributed by atoms with E-state index in [1.54, 1.807) is 23.9 Å². The summed E-state index contributed by atoms with van der Waals surface area (Å²) in [5, 5.41) is 10.8. The Morgan fingerprint density at radius 1 is 1.47 bits per heavy atom. The summed E-state index contributed by atoms with van der Waals surface area (Å²) in [6.07, 6.45) is 1.46. The Kier molecular flexibility index (Phi) is 3.03. The minimum absolute atomic E-state index is 0.222. The first kappa shape index (κ1) is 11.0. The van der Waals surface area contributed by atoms with Crippen LogP contribution in [0.2, 0.25) is 0 Å². The van der Waals surface area contributed by atoms with Gasteiger partial charge in [-0.05, 0) is 24.1 Å². The first-order valence-electron chi connectivity index (χ1n) is 5.16. The molecule has 1 aromatic rings. The number of hydrogen-bond acceptors (Lipinski definition) is 2. The SMILES string of the molecule is CC1CC(O)(Cc2ccc(F)cc2)CS1. The molecule has 1 saturated heterocycles. The van der Waals surface area contributed by atoms with E-state index < -0.39 is 5.60 Å². The fourth-order valence-electron chi connectivity index (χ4n) is 2.06. The van der Waals surface area contributed by atoms with Gasteiger partial charge < -0.3 is 5.11 Å². The average Bonchev–Trinajstić information content (AvgIpc) is 2.50. The van der Waals surface area contributed by atoms with E-state index in [2.05, 4.69) is 6.92 Å². The van der Waals surface area contributed by atoms with E-state index >= 15 is 0 Å². The van der Waals surface area contributed by atoms with Crippen molar-refractivity contribution in [2.45, 2.75) is 30.6 Å². The van der Waals surface area contributed by atoms with Crippen LogP contribution in [0.4, 0.5) is 4.39 Å². The maximum Gasteiger partial charge on any atom is 0.123 e. The number of hydrogen-bond donors (Lipinski definition) is 1. The lowest BCUT2D eigenvalue weighted by atomic mass is 9.92. The van der Waals surface area contributed by atoms with Gasteiger partial charge in [-0.2, -0.15) is 11.8 Å². The van der Waals surface area contributed by atoms with Crippen LogP contribution in [-0.2, 0) is 6.42 Å². The Morgan fingerprint density at radius 3 is 2.67 bits per heavy atom. The van der Waals surface area contributed by atoms with Crippen LogP contribution in [0.25, 0.3) is 0 Å². The number of thioether (sulfide) groups is 1. The van der Waals surface area contributed by atoms with E-state index in [0.717, 1.165) is 17.7 Å².